The average Bonchev–Trinajstić information content (AvgIpc) is 3.15. The second kappa shape index (κ2) is 13.2. The van der Waals surface area contributed by atoms with Crippen LogP contribution >= 0.6 is 15.9 Å². The Balaban J connectivity index is 2.06. The molecular formula is C31H42BrFO4Si. The Labute approximate surface area is 237 Å². The molecule has 0 saturated carbocycles. The largest absolute Gasteiger partial charge is 0.410 e. The fourth-order valence-electron chi connectivity index (χ4n) is 4.46. The fraction of sp³-hybridized carbons (Fsp3) is 0.581. The van der Waals surface area contributed by atoms with Gasteiger partial charge in [0.25, 0.3) is 0 Å². The van der Waals surface area contributed by atoms with Gasteiger partial charge in [-0.05, 0) is 77.8 Å². The Morgan fingerprint density at radius 3 is 2.66 bits per heavy atom. The van der Waals surface area contributed by atoms with E-state index in [2.05, 4.69) is 68.6 Å². The van der Waals surface area contributed by atoms with Gasteiger partial charge in [-0.1, -0.05) is 52.0 Å². The highest BCUT2D eigenvalue weighted by atomic mass is 79.9. The molecule has 0 aromatic heterocycles. The topological polar surface area (TPSA) is 44.8 Å². The van der Waals surface area contributed by atoms with Crippen molar-refractivity contribution >= 4 is 35.6 Å². The lowest BCUT2D eigenvalue weighted by Crippen LogP contribution is -2.45. The van der Waals surface area contributed by atoms with E-state index < -0.39 is 20.2 Å². The number of carbonyl (C=O) groups excluding carboxylic acids is 1. The molecule has 1 saturated heterocycles. The quantitative estimate of drug-likeness (QED) is 0.210. The number of Topliss-reactive ketones (excluding diaryl/α,β-unsaturated/α-hetero) is 1. The monoisotopic (exact) mass is 604 g/mol. The molecule has 0 N–H and O–H groups in total. The maximum atomic E-state index is 15.2. The Kier molecular flexibility index (Phi) is 10.8. The molecule has 7 heteroatoms. The molecule has 1 fully saturated rings. The molecule has 208 valence electrons. The minimum Gasteiger partial charge on any atom is -0.410 e. The summed E-state index contributed by atoms with van der Waals surface area (Å²) < 4.78 is 34.6. The van der Waals surface area contributed by atoms with Crippen molar-refractivity contribution in [3.8, 4) is 11.8 Å². The van der Waals surface area contributed by atoms with Gasteiger partial charge in [-0.3, -0.25) is 4.79 Å². The number of rotatable bonds is 9. The maximum absolute atomic E-state index is 15.2. The minimum absolute atomic E-state index is 0.0341. The van der Waals surface area contributed by atoms with Gasteiger partial charge in [0.2, 0.25) is 0 Å². The van der Waals surface area contributed by atoms with Gasteiger partial charge in [0.1, 0.15) is 5.82 Å². The van der Waals surface area contributed by atoms with Crippen LogP contribution in [0.5, 0.6) is 0 Å². The number of carbonyl (C=O) groups is 1. The molecule has 4 atom stereocenters. The van der Waals surface area contributed by atoms with Crippen LogP contribution in [0.25, 0.3) is 5.57 Å². The summed E-state index contributed by atoms with van der Waals surface area (Å²) in [5.41, 5.74) is 1.33. The highest BCUT2D eigenvalue weighted by molar-refractivity contribution is 9.10. The van der Waals surface area contributed by atoms with E-state index in [4.69, 9.17) is 13.9 Å². The van der Waals surface area contributed by atoms with Gasteiger partial charge in [0, 0.05) is 30.6 Å². The van der Waals surface area contributed by atoms with E-state index in [-0.39, 0.29) is 41.1 Å². The van der Waals surface area contributed by atoms with Crippen LogP contribution in [-0.4, -0.2) is 39.2 Å². The molecule has 0 unspecified atom stereocenters. The van der Waals surface area contributed by atoms with Crippen LogP contribution in [0.3, 0.4) is 0 Å². The summed E-state index contributed by atoms with van der Waals surface area (Å²) in [7, 11) is -2.11. The van der Waals surface area contributed by atoms with Gasteiger partial charge < -0.3 is 13.9 Å². The summed E-state index contributed by atoms with van der Waals surface area (Å²) in [6.07, 6.45) is 6.55. The molecule has 0 bridgehead atoms. The lowest BCUT2D eigenvalue weighted by atomic mass is 9.97. The third kappa shape index (κ3) is 7.54. The zero-order valence-electron chi connectivity index (χ0n) is 23.8. The molecule has 1 aliphatic heterocycles. The first kappa shape index (κ1) is 31.0. The summed E-state index contributed by atoms with van der Waals surface area (Å²) in [5, 5.41) is 0.0341. The first-order valence-corrected chi connectivity index (χ1v) is 17.3. The van der Waals surface area contributed by atoms with E-state index in [0.717, 1.165) is 19.3 Å². The molecule has 1 aromatic carbocycles. The van der Waals surface area contributed by atoms with Gasteiger partial charge in [0.15, 0.2) is 20.4 Å². The zero-order chi connectivity index (χ0) is 28.1. The van der Waals surface area contributed by atoms with Crippen molar-refractivity contribution < 1.29 is 23.1 Å². The normalized spacial score (nSPS) is 22.5. The Morgan fingerprint density at radius 1 is 1.29 bits per heavy atom. The van der Waals surface area contributed by atoms with E-state index in [9.17, 15) is 4.79 Å². The smallest absolute Gasteiger partial charge is 0.192 e. The average molecular weight is 606 g/mol. The fourth-order valence-corrected chi connectivity index (χ4v) is 6.17. The highest BCUT2D eigenvalue weighted by Crippen LogP contribution is 2.40. The lowest BCUT2D eigenvalue weighted by molar-refractivity contribution is -0.179. The summed E-state index contributed by atoms with van der Waals surface area (Å²) in [6.45, 7) is 15.8. The number of ketones is 1. The molecule has 0 spiro atoms. The molecule has 1 aromatic rings. The first-order chi connectivity index (χ1) is 17.9. The summed E-state index contributed by atoms with van der Waals surface area (Å²) in [4.78, 5) is 13.3. The van der Waals surface area contributed by atoms with Crippen LogP contribution in [0.4, 0.5) is 4.39 Å². The predicted molar refractivity (Wildman–Crippen MR) is 158 cm³/mol. The number of halogens is 2. The number of benzene rings is 1. The van der Waals surface area contributed by atoms with Gasteiger partial charge in [-0.25, -0.2) is 4.39 Å². The molecule has 0 amide bonds. The van der Waals surface area contributed by atoms with Crippen molar-refractivity contribution in [1.82, 2.24) is 0 Å². The minimum atomic E-state index is -2.11. The molecular weight excluding hydrogens is 563 g/mol. The van der Waals surface area contributed by atoms with Crippen molar-refractivity contribution in [2.24, 2.45) is 5.92 Å². The molecule has 38 heavy (non-hydrogen) atoms. The van der Waals surface area contributed by atoms with E-state index in [1.54, 1.807) is 18.2 Å². The van der Waals surface area contributed by atoms with Crippen molar-refractivity contribution in [3.63, 3.8) is 0 Å². The third-order valence-corrected chi connectivity index (χ3v) is 12.9. The maximum Gasteiger partial charge on any atom is 0.192 e. The van der Waals surface area contributed by atoms with Crippen LogP contribution < -0.4 is 0 Å². The van der Waals surface area contributed by atoms with Crippen LogP contribution in [0, 0.1) is 23.6 Å². The molecule has 4 nitrogen and oxygen atoms in total. The Hall–Kier alpha value is -1.56. The molecule has 1 heterocycles. The molecule has 2 aliphatic rings. The van der Waals surface area contributed by atoms with E-state index >= 15 is 4.39 Å². The van der Waals surface area contributed by atoms with Crippen LogP contribution in [0.2, 0.25) is 18.1 Å². The van der Waals surface area contributed by atoms with Crippen LogP contribution in [0.15, 0.2) is 40.4 Å². The number of hydrogen-bond donors (Lipinski definition) is 0. The zero-order valence-corrected chi connectivity index (χ0v) is 26.4. The van der Waals surface area contributed by atoms with Crippen molar-refractivity contribution in [2.45, 2.75) is 103 Å². The predicted octanol–water partition coefficient (Wildman–Crippen LogP) is 8.22. The number of ether oxygens (including phenoxy) is 2. The Bertz CT molecular complexity index is 1120. The molecule has 1 aliphatic carbocycles. The van der Waals surface area contributed by atoms with Gasteiger partial charge in [-0.2, -0.15) is 0 Å². The van der Waals surface area contributed by atoms with E-state index in [0.29, 0.717) is 28.6 Å². The summed E-state index contributed by atoms with van der Waals surface area (Å²) in [6, 6.07) is 5.04. The van der Waals surface area contributed by atoms with Crippen molar-refractivity contribution in [3.05, 3.63) is 51.8 Å². The highest BCUT2D eigenvalue weighted by Gasteiger charge is 2.40. The van der Waals surface area contributed by atoms with Crippen LogP contribution in [0.1, 0.15) is 72.3 Å². The van der Waals surface area contributed by atoms with Crippen molar-refractivity contribution in [1.29, 1.82) is 0 Å². The number of allylic oxidation sites excluding steroid dienone is 1. The Morgan fingerprint density at radius 2 is 2.03 bits per heavy atom. The SMILES string of the molecule is CC#CC[C@H](C)[C@@H](/C=C/C1=C(c2cccc(Br)c2F)C(=O)C[C@H]1O[C@H]1CCCCO1)O[Si](C)(C)C(C)(C)C. The second-order valence-corrected chi connectivity index (χ2v) is 17.4. The molecule has 0 radical (unpaired) electrons. The van der Waals surface area contributed by atoms with Gasteiger partial charge in [-0.15, -0.1) is 11.8 Å². The first-order valence-electron chi connectivity index (χ1n) is 13.6. The summed E-state index contributed by atoms with van der Waals surface area (Å²) in [5.74, 6) is 5.74. The van der Waals surface area contributed by atoms with E-state index in [1.807, 2.05) is 19.1 Å². The lowest BCUT2D eigenvalue weighted by Gasteiger charge is -2.40. The van der Waals surface area contributed by atoms with Gasteiger partial charge >= 0.3 is 0 Å². The van der Waals surface area contributed by atoms with Gasteiger partial charge in [0.05, 0.1) is 16.7 Å². The number of hydrogen-bond acceptors (Lipinski definition) is 4. The van der Waals surface area contributed by atoms with Crippen LogP contribution in [-0.2, 0) is 18.7 Å². The van der Waals surface area contributed by atoms with E-state index in [1.165, 1.54) is 0 Å². The third-order valence-electron chi connectivity index (χ3n) is 7.82. The second-order valence-electron chi connectivity index (χ2n) is 11.8. The standard InChI is InChI=1S/C31H42BrFO4Si/c1-8-9-13-21(2)26(37-38(6,7)31(3,4)5)18-17-22-27(36-28-16-10-11-19-35-28)20-25(34)29(22)23-14-12-15-24(32)30(23)33/h12,14-15,17-18,21,26-28H,10-11,13,16,19-20H2,1-7H3/b18-17+/t21-,26+,27+,28-/m0/s1. The summed E-state index contributed by atoms with van der Waals surface area (Å²) >= 11 is 3.28. The molecule has 3 rings (SSSR count). The van der Waals surface area contributed by atoms with Crippen molar-refractivity contribution in [2.75, 3.05) is 6.61 Å².